The molecule has 1 heterocycles. The second-order valence-corrected chi connectivity index (χ2v) is 6.12. The van der Waals surface area contributed by atoms with Gasteiger partial charge in [0.25, 0.3) is 0 Å². The molecule has 2 nitrogen and oxygen atoms in total. The van der Waals surface area contributed by atoms with E-state index in [1.807, 2.05) is 20.2 Å². The molecule has 16 heavy (non-hydrogen) atoms. The van der Waals surface area contributed by atoms with Gasteiger partial charge in [0.1, 0.15) is 0 Å². The molecule has 0 saturated heterocycles. The van der Waals surface area contributed by atoms with Crippen LogP contribution in [0.3, 0.4) is 0 Å². The minimum absolute atomic E-state index is 0.380. The van der Waals surface area contributed by atoms with Crippen molar-refractivity contribution in [2.45, 2.75) is 19.9 Å². The minimum atomic E-state index is 0.380. The first-order valence-corrected chi connectivity index (χ1v) is 6.86. The van der Waals surface area contributed by atoms with Crippen LogP contribution < -0.4 is 10.6 Å². The standard InChI is InChI=1S/C12H21ClN2S/c1-8(2)9(7-14-3)12(15-4)10-5-6-11(13)16-10/h5-6,8-9,12,14-15H,7H2,1-4H3. The van der Waals surface area contributed by atoms with Crippen molar-refractivity contribution in [2.24, 2.45) is 11.8 Å². The monoisotopic (exact) mass is 260 g/mol. The minimum Gasteiger partial charge on any atom is -0.319 e. The van der Waals surface area contributed by atoms with Crippen LogP contribution in [0.5, 0.6) is 0 Å². The molecule has 4 heteroatoms. The molecule has 0 amide bonds. The summed E-state index contributed by atoms with van der Waals surface area (Å²) in [5, 5.41) is 6.68. The maximum Gasteiger partial charge on any atom is 0.0931 e. The fourth-order valence-corrected chi connectivity index (χ4v) is 3.28. The van der Waals surface area contributed by atoms with Crippen LogP contribution in [0.25, 0.3) is 0 Å². The lowest BCUT2D eigenvalue weighted by Gasteiger charge is -2.29. The van der Waals surface area contributed by atoms with Gasteiger partial charge >= 0.3 is 0 Å². The van der Waals surface area contributed by atoms with Gasteiger partial charge in [-0.1, -0.05) is 25.4 Å². The summed E-state index contributed by atoms with van der Waals surface area (Å²) >= 11 is 7.67. The van der Waals surface area contributed by atoms with Gasteiger partial charge in [-0.25, -0.2) is 0 Å². The maximum absolute atomic E-state index is 6.00. The average Bonchev–Trinajstić information content (AvgIpc) is 2.64. The van der Waals surface area contributed by atoms with Gasteiger partial charge in [-0.3, -0.25) is 0 Å². The molecule has 2 unspecified atom stereocenters. The van der Waals surface area contributed by atoms with E-state index in [9.17, 15) is 0 Å². The van der Waals surface area contributed by atoms with Crippen molar-refractivity contribution >= 4 is 22.9 Å². The lowest BCUT2D eigenvalue weighted by atomic mass is 9.87. The molecule has 0 radical (unpaired) electrons. The van der Waals surface area contributed by atoms with E-state index in [4.69, 9.17) is 11.6 Å². The van der Waals surface area contributed by atoms with Crippen LogP contribution in [0.2, 0.25) is 4.34 Å². The third-order valence-corrected chi connectivity index (χ3v) is 4.25. The molecule has 2 atom stereocenters. The first-order valence-electron chi connectivity index (χ1n) is 5.67. The molecule has 1 aromatic heterocycles. The number of thiophene rings is 1. The fraction of sp³-hybridized carbons (Fsp3) is 0.667. The highest BCUT2D eigenvalue weighted by Gasteiger charge is 2.25. The number of hydrogen-bond acceptors (Lipinski definition) is 3. The van der Waals surface area contributed by atoms with Crippen LogP contribution in [-0.4, -0.2) is 20.6 Å². The largest absolute Gasteiger partial charge is 0.319 e. The molecule has 0 aliphatic carbocycles. The molecular weight excluding hydrogens is 240 g/mol. The van der Waals surface area contributed by atoms with Gasteiger partial charge < -0.3 is 10.6 Å². The summed E-state index contributed by atoms with van der Waals surface area (Å²) in [6.07, 6.45) is 0. The van der Waals surface area contributed by atoms with Crippen LogP contribution in [0.1, 0.15) is 24.8 Å². The predicted molar refractivity (Wildman–Crippen MR) is 73.4 cm³/mol. The van der Waals surface area contributed by atoms with Crippen LogP contribution in [0.4, 0.5) is 0 Å². The Morgan fingerprint density at radius 3 is 2.38 bits per heavy atom. The van der Waals surface area contributed by atoms with Crippen molar-refractivity contribution < 1.29 is 0 Å². The first kappa shape index (κ1) is 14.0. The smallest absolute Gasteiger partial charge is 0.0931 e. The predicted octanol–water partition coefficient (Wildman–Crippen LogP) is 3.15. The number of nitrogens with one attached hydrogen (secondary N) is 2. The molecule has 92 valence electrons. The van der Waals surface area contributed by atoms with E-state index in [0.717, 1.165) is 10.9 Å². The van der Waals surface area contributed by atoms with Crippen LogP contribution in [-0.2, 0) is 0 Å². The van der Waals surface area contributed by atoms with Crippen molar-refractivity contribution in [1.82, 2.24) is 10.6 Å². The van der Waals surface area contributed by atoms with Crippen LogP contribution in [0.15, 0.2) is 12.1 Å². The highest BCUT2D eigenvalue weighted by molar-refractivity contribution is 7.16. The van der Waals surface area contributed by atoms with E-state index in [2.05, 4.69) is 30.5 Å². The summed E-state index contributed by atoms with van der Waals surface area (Å²) in [6, 6.07) is 4.48. The summed E-state index contributed by atoms with van der Waals surface area (Å²) in [7, 11) is 4.02. The Bertz CT molecular complexity index is 312. The highest BCUT2D eigenvalue weighted by Crippen LogP contribution is 2.33. The lowest BCUT2D eigenvalue weighted by molar-refractivity contribution is 0.288. The van der Waals surface area contributed by atoms with Gasteiger partial charge in [-0.05, 0) is 44.6 Å². The molecule has 2 N–H and O–H groups in total. The highest BCUT2D eigenvalue weighted by atomic mass is 35.5. The van der Waals surface area contributed by atoms with Gasteiger partial charge in [0.05, 0.1) is 4.34 Å². The van der Waals surface area contributed by atoms with Gasteiger partial charge in [0.2, 0.25) is 0 Å². The zero-order valence-electron chi connectivity index (χ0n) is 10.4. The Morgan fingerprint density at radius 1 is 1.31 bits per heavy atom. The Hall–Kier alpha value is -0.0900. The second kappa shape index (κ2) is 6.60. The first-order chi connectivity index (χ1) is 7.60. The molecule has 0 fully saturated rings. The molecule has 1 aromatic rings. The third-order valence-electron chi connectivity index (χ3n) is 2.94. The Kier molecular flexibility index (Phi) is 5.76. The zero-order chi connectivity index (χ0) is 12.1. The van der Waals surface area contributed by atoms with Crippen LogP contribution >= 0.6 is 22.9 Å². The van der Waals surface area contributed by atoms with Crippen molar-refractivity contribution in [3.05, 3.63) is 21.3 Å². The molecule has 0 aliphatic rings. The van der Waals surface area contributed by atoms with Crippen LogP contribution in [0, 0.1) is 11.8 Å². The number of halogens is 1. The van der Waals surface area contributed by atoms with Gasteiger partial charge in [-0.15, -0.1) is 11.3 Å². The zero-order valence-corrected chi connectivity index (χ0v) is 12.0. The summed E-state index contributed by atoms with van der Waals surface area (Å²) < 4.78 is 0.863. The van der Waals surface area contributed by atoms with E-state index in [-0.39, 0.29) is 0 Å². The second-order valence-electron chi connectivity index (χ2n) is 4.37. The molecule has 0 aromatic carbocycles. The van der Waals surface area contributed by atoms with Gasteiger partial charge in [-0.2, -0.15) is 0 Å². The lowest BCUT2D eigenvalue weighted by Crippen LogP contribution is -2.34. The molecular formula is C12H21ClN2S. The molecule has 0 aliphatic heterocycles. The van der Waals surface area contributed by atoms with Crippen molar-refractivity contribution in [2.75, 3.05) is 20.6 Å². The quantitative estimate of drug-likeness (QED) is 0.821. The number of hydrogen-bond donors (Lipinski definition) is 2. The summed E-state index contributed by atoms with van der Waals surface area (Å²) in [5.74, 6) is 1.20. The summed E-state index contributed by atoms with van der Waals surface area (Å²) in [5.41, 5.74) is 0. The molecule has 1 rings (SSSR count). The van der Waals surface area contributed by atoms with E-state index >= 15 is 0 Å². The molecule has 0 spiro atoms. The van der Waals surface area contributed by atoms with Crippen molar-refractivity contribution in [1.29, 1.82) is 0 Å². The normalized spacial score (nSPS) is 15.4. The van der Waals surface area contributed by atoms with Gasteiger partial charge in [0.15, 0.2) is 0 Å². The maximum atomic E-state index is 6.00. The fourth-order valence-electron chi connectivity index (χ4n) is 2.04. The molecule has 0 saturated carbocycles. The third kappa shape index (κ3) is 3.45. The summed E-state index contributed by atoms with van der Waals surface area (Å²) in [4.78, 5) is 1.32. The average molecular weight is 261 g/mol. The van der Waals surface area contributed by atoms with Crippen molar-refractivity contribution in [3.63, 3.8) is 0 Å². The van der Waals surface area contributed by atoms with Gasteiger partial charge in [0, 0.05) is 10.9 Å². The van der Waals surface area contributed by atoms with Crippen molar-refractivity contribution in [3.8, 4) is 0 Å². The summed E-state index contributed by atoms with van der Waals surface area (Å²) in [6.45, 7) is 5.54. The topological polar surface area (TPSA) is 24.1 Å². The van der Waals surface area contributed by atoms with E-state index in [1.54, 1.807) is 11.3 Å². The molecule has 0 bridgehead atoms. The van der Waals surface area contributed by atoms with E-state index in [0.29, 0.717) is 17.9 Å². The Labute approximate surface area is 107 Å². The Balaban J connectivity index is 2.85. The van der Waals surface area contributed by atoms with E-state index < -0.39 is 0 Å². The number of rotatable bonds is 6. The Morgan fingerprint density at radius 2 is 2.00 bits per heavy atom. The van der Waals surface area contributed by atoms with E-state index in [1.165, 1.54) is 4.88 Å². The SMILES string of the molecule is CNCC(C(C)C)C(NC)c1ccc(Cl)s1.